The molecule has 0 bridgehead atoms. The van der Waals surface area contributed by atoms with Gasteiger partial charge in [0.05, 0.1) is 22.5 Å². The van der Waals surface area contributed by atoms with E-state index < -0.39 is 17.6 Å². The van der Waals surface area contributed by atoms with Gasteiger partial charge in [-0.05, 0) is 36.4 Å². The van der Waals surface area contributed by atoms with Gasteiger partial charge in [-0.15, -0.1) is 0 Å². The van der Waals surface area contributed by atoms with Crippen LogP contribution >= 0.6 is 0 Å². The van der Waals surface area contributed by atoms with Crippen molar-refractivity contribution in [3.63, 3.8) is 0 Å². The van der Waals surface area contributed by atoms with Crippen molar-refractivity contribution < 1.29 is 18.0 Å². The highest BCUT2D eigenvalue weighted by Crippen LogP contribution is 2.31. The zero-order valence-corrected chi connectivity index (χ0v) is 10.7. The number of primary amides is 1. The van der Waals surface area contributed by atoms with E-state index in [9.17, 15) is 18.0 Å². The van der Waals surface area contributed by atoms with Gasteiger partial charge in [0.2, 0.25) is 0 Å². The topological polar surface area (TPSA) is 81.1 Å². The van der Waals surface area contributed by atoms with Crippen LogP contribution in [0.4, 0.5) is 30.2 Å². The standard InChI is InChI=1S/C14H12F3N3O/c15-14(16,17)8-4-6-9(7-5-8)20-12-10(13(19)21)2-1-3-11(12)18/h1-7,20H,18H2,(H2,19,21). The Bertz CT molecular complexity index is 666. The summed E-state index contributed by atoms with van der Waals surface area (Å²) >= 11 is 0. The summed E-state index contributed by atoms with van der Waals surface area (Å²) in [6, 6.07) is 8.97. The van der Waals surface area contributed by atoms with Crippen LogP contribution < -0.4 is 16.8 Å². The average molecular weight is 295 g/mol. The Morgan fingerprint density at radius 1 is 1.05 bits per heavy atom. The molecule has 0 unspecified atom stereocenters. The van der Waals surface area contributed by atoms with Crippen LogP contribution in [0.2, 0.25) is 0 Å². The zero-order valence-electron chi connectivity index (χ0n) is 10.7. The van der Waals surface area contributed by atoms with Gasteiger partial charge in [-0.1, -0.05) is 6.07 Å². The number of amides is 1. The number of nitrogens with one attached hydrogen (secondary N) is 1. The van der Waals surface area contributed by atoms with Gasteiger partial charge in [-0.3, -0.25) is 4.79 Å². The first-order valence-corrected chi connectivity index (χ1v) is 5.91. The van der Waals surface area contributed by atoms with Crippen LogP contribution in [-0.4, -0.2) is 5.91 Å². The lowest BCUT2D eigenvalue weighted by atomic mass is 10.1. The van der Waals surface area contributed by atoms with Crippen LogP contribution in [0.5, 0.6) is 0 Å². The molecule has 0 aliphatic rings. The molecule has 0 spiro atoms. The third-order valence-corrected chi connectivity index (χ3v) is 2.84. The lowest BCUT2D eigenvalue weighted by Crippen LogP contribution is -2.14. The molecule has 7 heteroatoms. The summed E-state index contributed by atoms with van der Waals surface area (Å²) in [6.07, 6.45) is -4.40. The van der Waals surface area contributed by atoms with E-state index in [1.165, 1.54) is 18.2 Å². The number of hydrogen-bond acceptors (Lipinski definition) is 3. The number of halogens is 3. The highest BCUT2D eigenvalue weighted by atomic mass is 19.4. The molecule has 0 saturated carbocycles. The van der Waals surface area contributed by atoms with Crippen LogP contribution in [0, 0.1) is 0 Å². The molecule has 0 fully saturated rings. The molecule has 1 amide bonds. The van der Waals surface area contributed by atoms with E-state index in [0.717, 1.165) is 12.1 Å². The Balaban J connectivity index is 2.33. The first kappa shape index (κ1) is 14.7. The van der Waals surface area contributed by atoms with Crippen molar-refractivity contribution >= 4 is 23.0 Å². The SMILES string of the molecule is NC(=O)c1cccc(N)c1Nc1ccc(C(F)(F)F)cc1. The number of carbonyl (C=O) groups excluding carboxylic acids is 1. The molecule has 110 valence electrons. The van der Waals surface area contributed by atoms with Gasteiger partial charge in [0.15, 0.2) is 0 Å². The second kappa shape index (κ2) is 5.35. The monoisotopic (exact) mass is 295 g/mol. The van der Waals surface area contributed by atoms with Gasteiger partial charge < -0.3 is 16.8 Å². The minimum atomic E-state index is -4.40. The molecule has 5 N–H and O–H groups in total. The highest BCUT2D eigenvalue weighted by Gasteiger charge is 2.29. The van der Waals surface area contributed by atoms with Crippen molar-refractivity contribution in [2.45, 2.75) is 6.18 Å². The summed E-state index contributed by atoms with van der Waals surface area (Å²) in [6.45, 7) is 0. The summed E-state index contributed by atoms with van der Waals surface area (Å²) in [4.78, 5) is 11.3. The zero-order chi connectivity index (χ0) is 15.6. The number of carbonyl (C=O) groups is 1. The molecule has 0 aliphatic carbocycles. The lowest BCUT2D eigenvalue weighted by molar-refractivity contribution is -0.137. The third-order valence-electron chi connectivity index (χ3n) is 2.84. The third kappa shape index (κ3) is 3.25. The molecule has 0 aliphatic heterocycles. The molecule has 21 heavy (non-hydrogen) atoms. The summed E-state index contributed by atoms with van der Waals surface area (Å²) < 4.78 is 37.4. The lowest BCUT2D eigenvalue weighted by Gasteiger charge is -2.13. The Hall–Kier alpha value is -2.70. The number of benzene rings is 2. The van der Waals surface area contributed by atoms with Crippen LogP contribution in [0.15, 0.2) is 42.5 Å². The van der Waals surface area contributed by atoms with E-state index in [4.69, 9.17) is 11.5 Å². The van der Waals surface area contributed by atoms with Crippen LogP contribution in [0.1, 0.15) is 15.9 Å². The average Bonchev–Trinajstić information content (AvgIpc) is 2.40. The van der Waals surface area contributed by atoms with E-state index in [1.54, 1.807) is 12.1 Å². The molecular weight excluding hydrogens is 283 g/mol. The molecule has 2 aromatic rings. The van der Waals surface area contributed by atoms with E-state index in [0.29, 0.717) is 5.69 Å². The largest absolute Gasteiger partial charge is 0.416 e. The molecule has 0 saturated heterocycles. The minimum absolute atomic E-state index is 0.162. The fraction of sp³-hybridized carbons (Fsp3) is 0.0714. The van der Waals surface area contributed by atoms with Crippen molar-refractivity contribution in [3.8, 4) is 0 Å². The van der Waals surface area contributed by atoms with Crippen molar-refractivity contribution in [2.24, 2.45) is 5.73 Å². The van der Waals surface area contributed by atoms with Gasteiger partial charge in [0, 0.05) is 5.69 Å². The normalized spacial score (nSPS) is 11.2. The van der Waals surface area contributed by atoms with Gasteiger partial charge in [-0.2, -0.15) is 13.2 Å². The molecule has 0 aromatic heterocycles. The van der Waals surface area contributed by atoms with Crippen LogP contribution in [-0.2, 0) is 6.18 Å². The molecule has 2 rings (SSSR count). The number of nitrogens with two attached hydrogens (primary N) is 2. The van der Waals surface area contributed by atoms with E-state index in [-0.39, 0.29) is 16.9 Å². The Morgan fingerprint density at radius 2 is 1.67 bits per heavy atom. The molecule has 2 aromatic carbocycles. The number of rotatable bonds is 3. The van der Waals surface area contributed by atoms with Gasteiger partial charge >= 0.3 is 6.18 Å². The molecule has 4 nitrogen and oxygen atoms in total. The Kier molecular flexibility index (Phi) is 3.75. The fourth-order valence-corrected chi connectivity index (χ4v) is 1.80. The number of hydrogen-bond donors (Lipinski definition) is 3. The van der Waals surface area contributed by atoms with Gasteiger partial charge in [0.25, 0.3) is 5.91 Å². The van der Waals surface area contributed by atoms with Gasteiger partial charge in [0.1, 0.15) is 0 Å². The highest BCUT2D eigenvalue weighted by molar-refractivity contribution is 6.02. The maximum atomic E-state index is 12.5. The van der Waals surface area contributed by atoms with Crippen LogP contribution in [0.3, 0.4) is 0 Å². The number of para-hydroxylation sites is 1. The summed E-state index contributed by atoms with van der Waals surface area (Å²) in [7, 11) is 0. The van der Waals surface area contributed by atoms with Gasteiger partial charge in [-0.25, -0.2) is 0 Å². The second-order valence-electron chi connectivity index (χ2n) is 4.33. The predicted molar refractivity (Wildman–Crippen MR) is 74.1 cm³/mol. The number of anilines is 3. The van der Waals surface area contributed by atoms with E-state index in [2.05, 4.69) is 5.32 Å². The Morgan fingerprint density at radius 3 is 2.19 bits per heavy atom. The maximum absolute atomic E-state index is 12.5. The van der Waals surface area contributed by atoms with E-state index >= 15 is 0 Å². The fourth-order valence-electron chi connectivity index (χ4n) is 1.80. The first-order valence-electron chi connectivity index (χ1n) is 5.91. The quantitative estimate of drug-likeness (QED) is 0.761. The Labute approximate surface area is 118 Å². The van der Waals surface area contributed by atoms with Crippen LogP contribution in [0.25, 0.3) is 0 Å². The summed E-state index contributed by atoms with van der Waals surface area (Å²) in [5.41, 5.74) is 11.3. The van der Waals surface area contributed by atoms with Crippen molar-refractivity contribution in [1.29, 1.82) is 0 Å². The smallest absolute Gasteiger partial charge is 0.397 e. The number of alkyl halides is 3. The molecule has 0 radical (unpaired) electrons. The van der Waals surface area contributed by atoms with Crippen molar-refractivity contribution in [1.82, 2.24) is 0 Å². The maximum Gasteiger partial charge on any atom is 0.416 e. The molecule has 0 heterocycles. The summed E-state index contributed by atoms with van der Waals surface area (Å²) in [5, 5.41) is 2.81. The molecular formula is C14H12F3N3O. The van der Waals surface area contributed by atoms with E-state index in [1.807, 2.05) is 0 Å². The molecule has 0 atom stereocenters. The number of nitrogen functional groups attached to an aromatic ring is 1. The van der Waals surface area contributed by atoms with Crippen molar-refractivity contribution in [2.75, 3.05) is 11.1 Å². The first-order chi connectivity index (χ1) is 9.79. The summed E-state index contributed by atoms with van der Waals surface area (Å²) in [5.74, 6) is -0.684. The minimum Gasteiger partial charge on any atom is -0.397 e. The van der Waals surface area contributed by atoms with Crippen molar-refractivity contribution in [3.05, 3.63) is 53.6 Å². The second-order valence-corrected chi connectivity index (χ2v) is 4.33. The predicted octanol–water partition coefficient (Wildman–Crippen LogP) is 3.13.